The van der Waals surface area contributed by atoms with Crippen LogP contribution >= 0.6 is 0 Å². The molecule has 0 bridgehead atoms. The lowest BCUT2D eigenvalue weighted by Crippen LogP contribution is -2.11. The second-order valence-electron chi connectivity index (χ2n) is 3.34. The number of nitrogens with zero attached hydrogens (tertiary/aromatic N) is 1. The third-order valence-electron chi connectivity index (χ3n) is 2.18. The molecule has 0 amide bonds. The number of oxazole rings is 1. The van der Waals surface area contributed by atoms with Gasteiger partial charge in [0.15, 0.2) is 0 Å². The molecule has 0 aliphatic carbocycles. The van der Waals surface area contributed by atoms with Crippen LogP contribution < -0.4 is 5.73 Å². The van der Waals surface area contributed by atoms with Crippen LogP contribution in [0.25, 0.3) is 11.5 Å². The average Bonchev–Trinajstić information content (AvgIpc) is 2.78. The van der Waals surface area contributed by atoms with Gasteiger partial charge in [-0.05, 0) is 24.3 Å². The van der Waals surface area contributed by atoms with Gasteiger partial charge in [0, 0.05) is 12.1 Å². The van der Waals surface area contributed by atoms with Crippen molar-refractivity contribution < 1.29 is 13.9 Å². The number of aliphatic hydroxyl groups is 1. The first-order chi connectivity index (χ1) is 7.70. The molecule has 2 aromatic rings. The van der Waals surface area contributed by atoms with Crippen LogP contribution in [0.15, 0.2) is 34.9 Å². The van der Waals surface area contributed by atoms with Crippen LogP contribution in [0.4, 0.5) is 4.39 Å². The van der Waals surface area contributed by atoms with E-state index in [4.69, 9.17) is 10.2 Å². The summed E-state index contributed by atoms with van der Waals surface area (Å²) in [7, 11) is 0. The maximum absolute atomic E-state index is 12.7. The van der Waals surface area contributed by atoms with E-state index in [1.807, 2.05) is 0 Å². The summed E-state index contributed by atoms with van der Waals surface area (Å²) in [5.74, 6) is 0.0139. The van der Waals surface area contributed by atoms with Gasteiger partial charge in [0.25, 0.3) is 0 Å². The molecule has 4 nitrogen and oxygen atoms in total. The van der Waals surface area contributed by atoms with Crippen LogP contribution in [-0.2, 0) is 0 Å². The molecule has 0 fully saturated rings. The van der Waals surface area contributed by atoms with Crippen molar-refractivity contribution in [1.29, 1.82) is 0 Å². The van der Waals surface area contributed by atoms with Gasteiger partial charge in [-0.1, -0.05) is 0 Å². The molecule has 0 saturated heterocycles. The van der Waals surface area contributed by atoms with E-state index in [1.54, 1.807) is 12.1 Å². The maximum Gasteiger partial charge on any atom is 0.226 e. The summed E-state index contributed by atoms with van der Waals surface area (Å²) in [5, 5.41) is 9.43. The number of halogens is 1. The highest BCUT2D eigenvalue weighted by atomic mass is 19.1. The molecule has 0 aliphatic rings. The van der Waals surface area contributed by atoms with Gasteiger partial charge in [0.2, 0.25) is 5.89 Å². The highest BCUT2D eigenvalue weighted by molar-refractivity contribution is 5.52. The number of hydrogen-bond donors (Lipinski definition) is 2. The molecule has 0 saturated carbocycles. The molecular weight excluding hydrogens is 211 g/mol. The van der Waals surface area contributed by atoms with E-state index in [1.165, 1.54) is 18.4 Å². The van der Waals surface area contributed by atoms with Crippen molar-refractivity contribution in [3.63, 3.8) is 0 Å². The monoisotopic (exact) mass is 222 g/mol. The fourth-order valence-electron chi connectivity index (χ4n) is 1.29. The molecule has 1 atom stereocenters. The first-order valence-electron chi connectivity index (χ1n) is 4.80. The Balaban J connectivity index is 2.28. The minimum Gasteiger partial charge on any atom is -0.444 e. The first kappa shape index (κ1) is 10.8. The number of hydrogen-bond acceptors (Lipinski definition) is 4. The molecule has 0 radical (unpaired) electrons. The molecule has 84 valence electrons. The zero-order valence-corrected chi connectivity index (χ0v) is 8.43. The third kappa shape index (κ3) is 2.10. The van der Waals surface area contributed by atoms with Crippen LogP contribution in [0, 0.1) is 5.82 Å². The van der Waals surface area contributed by atoms with Crippen LogP contribution in [-0.4, -0.2) is 16.6 Å². The van der Waals surface area contributed by atoms with Crippen molar-refractivity contribution in [3.05, 3.63) is 42.0 Å². The first-order valence-corrected chi connectivity index (χ1v) is 4.80. The smallest absolute Gasteiger partial charge is 0.226 e. The highest BCUT2D eigenvalue weighted by Crippen LogP contribution is 2.21. The molecule has 16 heavy (non-hydrogen) atoms. The van der Waals surface area contributed by atoms with E-state index in [9.17, 15) is 9.50 Å². The number of aliphatic hydroxyl groups excluding tert-OH is 1. The minimum absolute atomic E-state index is 0.0788. The summed E-state index contributed by atoms with van der Waals surface area (Å²) < 4.78 is 17.8. The number of benzene rings is 1. The molecule has 1 unspecified atom stereocenters. The third-order valence-corrected chi connectivity index (χ3v) is 2.18. The fraction of sp³-hybridized carbons (Fsp3) is 0.182. The number of nitrogens with two attached hydrogens (primary N) is 1. The van der Waals surface area contributed by atoms with Gasteiger partial charge < -0.3 is 15.3 Å². The van der Waals surface area contributed by atoms with Gasteiger partial charge >= 0.3 is 0 Å². The Bertz CT molecular complexity index is 467. The summed E-state index contributed by atoms with van der Waals surface area (Å²) in [6.45, 7) is 0.0788. The zero-order valence-electron chi connectivity index (χ0n) is 8.43. The normalized spacial score (nSPS) is 12.7. The molecule has 1 aromatic heterocycles. The van der Waals surface area contributed by atoms with Crippen molar-refractivity contribution in [2.24, 2.45) is 5.73 Å². The van der Waals surface area contributed by atoms with Crippen LogP contribution in [0.5, 0.6) is 0 Å². The van der Waals surface area contributed by atoms with Crippen LogP contribution in [0.1, 0.15) is 11.8 Å². The second kappa shape index (κ2) is 4.42. The summed E-state index contributed by atoms with van der Waals surface area (Å²) in [5.41, 5.74) is 6.32. The van der Waals surface area contributed by atoms with Crippen LogP contribution in [0.2, 0.25) is 0 Å². The minimum atomic E-state index is -0.835. The van der Waals surface area contributed by atoms with Crippen molar-refractivity contribution >= 4 is 0 Å². The van der Waals surface area contributed by atoms with Crippen molar-refractivity contribution in [2.45, 2.75) is 6.10 Å². The van der Waals surface area contributed by atoms with Crippen molar-refractivity contribution in [3.8, 4) is 11.5 Å². The Morgan fingerprint density at radius 1 is 1.38 bits per heavy atom. The molecule has 3 N–H and O–H groups in total. The maximum atomic E-state index is 12.7. The predicted molar refractivity (Wildman–Crippen MR) is 55.9 cm³/mol. The largest absolute Gasteiger partial charge is 0.444 e. The summed E-state index contributed by atoms with van der Waals surface area (Å²) in [6.07, 6.45) is 0.508. The van der Waals surface area contributed by atoms with Gasteiger partial charge in [-0.3, -0.25) is 0 Å². The molecular formula is C11H11FN2O2. The topological polar surface area (TPSA) is 72.3 Å². The molecule has 5 heteroatoms. The van der Waals surface area contributed by atoms with E-state index in [0.29, 0.717) is 17.1 Å². The predicted octanol–water partition coefficient (Wildman–Crippen LogP) is 1.47. The van der Waals surface area contributed by atoms with Gasteiger partial charge in [-0.15, -0.1) is 0 Å². The molecule has 0 spiro atoms. The number of aromatic nitrogens is 1. The van der Waals surface area contributed by atoms with Gasteiger partial charge in [-0.25, -0.2) is 9.37 Å². The second-order valence-corrected chi connectivity index (χ2v) is 3.34. The Labute approximate surface area is 91.5 Å². The lowest BCUT2D eigenvalue weighted by molar-refractivity contribution is 0.182. The van der Waals surface area contributed by atoms with E-state index in [0.717, 1.165) is 0 Å². The van der Waals surface area contributed by atoms with E-state index in [-0.39, 0.29) is 12.4 Å². The summed E-state index contributed by atoms with van der Waals surface area (Å²) in [4.78, 5) is 4.06. The Kier molecular flexibility index (Phi) is 2.98. The van der Waals surface area contributed by atoms with Gasteiger partial charge in [-0.2, -0.15) is 0 Å². The highest BCUT2D eigenvalue weighted by Gasteiger charge is 2.12. The van der Waals surface area contributed by atoms with E-state index < -0.39 is 6.10 Å². The van der Waals surface area contributed by atoms with Gasteiger partial charge in [0.1, 0.15) is 23.9 Å². The van der Waals surface area contributed by atoms with E-state index in [2.05, 4.69) is 4.98 Å². The fourth-order valence-corrected chi connectivity index (χ4v) is 1.29. The molecule has 1 heterocycles. The molecule has 0 aliphatic heterocycles. The van der Waals surface area contributed by atoms with Crippen LogP contribution in [0.3, 0.4) is 0 Å². The van der Waals surface area contributed by atoms with Crippen molar-refractivity contribution in [2.75, 3.05) is 6.54 Å². The zero-order chi connectivity index (χ0) is 11.5. The Morgan fingerprint density at radius 3 is 2.69 bits per heavy atom. The lowest BCUT2D eigenvalue weighted by atomic mass is 10.2. The van der Waals surface area contributed by atoms with Crippen molar-refractivity contribution in [1.82, 2.24) is 4.98 Å². The molecule has 2 rings (SSSR count). The lowest BCUT2D eigenvalue weighted by Gasteiger charge is -2.00. The Morgan fingerprint density at radius 2 is 2.06 bits per heavy atom. The SMILES string of the molecule is NCC(O)c1coc(-c2ccc(F)cc2)n1. The summed E-state index contributed by atoms with van der Waals surface area (Å²) in [6, 6.07) is 5.75. The molecule has 1 aromatic carbocycles. The van der Waals surface area contributed by atoms with E-state index >= 15 is 0 Å². The number of rotatable bonds is 3. The van der Waals surface area contributed by atoms with Gasteiger partial charge in [0.05, 0.1) is 0 Å². The standard InChI is InChI=1S/C11H11FN2O2/c12-8-3-1-7(2-4-8)11-14-9(6-16-11)10(15)5-13/h1-4,6,10,15H,5,13H2. The summed E-state index contributed by atoms with van der Waals surface area (Å²) >= 11 is 0. The Hall–Kier alpha value is -1.72. The average molecular weight is 222 g/mol. The quantitative estimate of drug-likeness (QED) is 0.824.